The Kier molecular flexibility index (Phi) is 3.02. The number of rotatable bonds is 2. The number of aliphatic hydroxyl groups is 1. The van der Waals surface area contributed by atoms with Crippen LogP contribution in [0.2, 0.25) is 0 Å². The van der Waals surface area contributed by atoms with E-state index < -0.39 is 31.8 Å². The third-order valence-electron chi connectivity index (χ3n) is 3.15. The summed E-state index contributed by atoms with van der Waals surface area (Å²) in [6.07, 6.45) is -0.320. The van der Waals surface area contributed by atoms with E-state index in [1.54, 1.807) is 5.32 Å². The minimum absolute atomic E-state index is 0.0509. The molecule has 6 nitrogen and oxygen atoms in total. The van der Waals surface area contributed by atoms with Gasteiger partial charge in [0.2, 0.25) is 0 Å². The Morgan fingerprint density at radius 3 is 2.12 bits per heavy atom. The summed E-state index contributed by atoms with van der Waals surface area (Å²) in [4.78, 5) is 0. The molecular weight excluding hydrogens is 254 g/mol. The van der Waals surface area contributed by atoms with Crippen molar-refractivity contribution in [3.8, 4) is 0 Å². The maximum absolute atomic E-state index is 11.3. The minimum Gasteiger partial charge on any atom is -0.386 e. The number of quaternary nitrogens is 1. The van der Waals surface area contributed by atoms with Gasteiger partial charge in [-0.05, 0) is 0 Å². The van der Waals surface area contributed by atoms with Gasteiger partial charge < -0.3 is 10.4 Å². The maximum Gasteiger partial charge on any atom is 0.159 e. The fraction of sp³-hybridized carbons (Fsp3) is 1.00. The molecule has 0 bridgehead atoms. The van der Waals surface area contributed by atoms with Crippen molar-refractivity contribution in [3.63, 3.8) is 0 Å². The van der Waals surface area contributed by atoms with Gasteiger partial charge in [0.15, 0.2) is 19.7 Å². The third kappa shape index (κ3) is 2.73. The molecule has 16 heavy (non-hydrogen) atoms. The molecule has 2 rings (SSSR count). The molecule has 2 fully saturated rings. The van der Waals surface area contributed by atoms with E-state index >= 15 is 0 Å². The number of sulfone groups is 2. The Hall–Kier alpha value is -0.180. The summed E-state index contributed by atoms with van der Waals surface area (Å²) in [7, 11) is -6.09. The topological polar surface area (TPSA) is 105 Å². The number of hydrogen-bond acceptors (Lipinski definition) is 5. The molecule has 0 unspecified atom stereocenters. The molecule has 3 atom stereocenters. The average Bonchev–Trinajstić information content (AvgIpc) is 2.53. The quantitative estimate of drug-likeness (QED) is 0.553. The predicted molar refractivity (Wildman–Crippen MR) is 57.4 cm³/mol. The summed E-state index contributed by atoms with van der Waals surface area (Å²) in [6.45, 7) is 0. The first-order valence-corrected chi connectivity index (χ1v) is 8.86. The molecule has 0 aromatic rings. The lowest BCUT2D eigenvalue weighted by Gasteiger charge is -2.15. The normalized spacial score (nSPS) is 41.2. The van der Waals surface area contributed by atoms with Gasteiger partial charge in [-0.15, -0.1) is 0 Å². The lowest BCUT2D eigenvalue weighted by Crippen LogP contribution is -2.97. The molecule has 2 aliphatic heterocycles. The lowest BCUT2D eigenvalue weighted by atomic mass is 10.1. The monoisotopic (exact) mass is 270 g/mol. The zero-order valence-corrected chi connectivity index (χ0v) is 10.4. The van der Waals surface area contributed by atoms with Gasteiger partial charge in [0.1, 0.15) is 29.7 Å². The van der Waals surface area contributed by atoms with Crippen LogP contribution in [0, 0.1) is 0 Å². The van der Waals surface area contributed by atoms with E-state index in [2.05, 4.69) is 0 Å². The molecular formula is C8H16NO5S2+. The van der Waals surface area contributed by atoms with Crippen LogP contribution in [0.25, 0.3) is 0 Å². The SMILES string of the molecule is O=S1(=O)CC[C@@H]([NH2+][C@H]2CS(=O)(=O)C[C@@H]2O)C1. The van der Waals surface area contributed by atoms with Crippen molar-refractivity contribution in [2.75, 3.05) is 23.0 Å². The standard InChI is InChI=1S/C8H15NO5S2/c10-8-5-16(13,14)4-7(8)9-6-1-2-15(11,12)3-6/h6-10H,1-5H2/p+1/t6-,7+,8+/m1/s1. The van der Waals surface area contributed by atoms with E-state index in [1.807, 2.05) is 0 Å². The van der Waals surface area contributed by atoms with Crippen LogP contribution in [0.3, 0.4) is 0 Å². The third-order valence-corrected chi connectivity index (χ3v) is 6.69. The highest BCUT2D eigenvalue weighted by Crippen LogP contribution is 2.12. The van der Waals surface area contributed by atoms with Crippen molar-refractivity contribution in [2.45, 2.75) is 24.6 Å². The van der Waals surface area contributed by atoms with E-state index in [9.17, 15) is 21.9 Å². The molecule has 94 valence electrons. The highest BCUT2D eigenvalue weighted by molar-refractivity contribution is 7.92. The molecule has 0 aromatic heterocycles. The van der Waals surface area contributed by atoms with Crippen molar-refractivity contribution < 1.29 is 27.3 Å². The van der Waals surface area contributed by atoms with Crippen molar-refractivity contribution in [3.05, 3.63) is 0 Å². The van der Waals surface area contributed by atoms with Gasteiger partial charge in [0, 0.05) is 6.42 Å². The van der Waals surface area contributed by atoms with E-state index in [4.69, 9.17) is 0 Å². The Morgan fingerprint density at radius 2 is 1.69 bits per heavy atom. The zero-order valence-electron chi connectivity index (χ0n) is 8.74. The van der Waals surface area contributed by atoms with Gasteiger partial charge in [-0.1, -0.05) is 0 Å². The molecule has 3 N–H and O–H groups in total. The van der Waals surface area contributed by atoms with Crippen LogP contribution in [-0.2, 0) is 19.7 Å². The number of aliphatic hydroxyl groups excluding tert-OH is 1. The summed E-state index contributed by atoms with van der Waals surface area (Å²) in [5, 5.41) is 11.3. The van der Waals surface area contributed by atoms with E-state index in [0.717, 1.165) is 0 Å². The molecule has 0 saturated carbocycles. The number of hydrogen-bond donors (Lipinski definition) is 2. The fourth-order valence-corrected chi connectivity index (χ4v) is 5.95. The summed E-state index contributed by atoms with van der Waals surface area (Å²) in [6, 6.07) is -0.499. The van der Waals surface area contributed by atoms with Crippen LogP contribution < -0.4 is 5.32 Å². The van der Waals surface area contributed by atoms with Crippen LogP contribution in [-0.4, -0.2) is 63.1 Å². The first kappa shape index (κ1) is 12.3. The van der Waals surface area contributed by atoms with Crippen molar-refractivity contribution >= 4 is 19.7 Å². The van der Waals surface area contributed by atoms with Gasteiger partial charge >= 0.3 is 0 Å². The molecule has 2 heterocycles. The largest absolute Gasteiger partial charge is 0.386 e. The van der Waals surface area contributed by atoms with Gasteiger partial charge in [-0.25, -0.2) is 16.8 Å². The van der Waals surface area contributed by atoms with Crippen LogP contribution in [0.4, 0.5) is 0 Å². The second-order valence-corrected chi connectivity index (χ2v) is 9.05. The highest BCUT2D eigenvalue weighted by atomic mass is 32.2. The van der Waals surface area contributed by atoms with Gasteiger partial charge in [0.05, 0.1) is 11.5 Å². The van der Waals surface area contributed by atoms with Crippen molar-refractivity contribution in [2.24, 2.45) is 0 Å². The Bertz CT molecular complexity index is 469. The minimum atomic E-state index is -3.15. The Labute approximate surface area is 94.9 Å². The molecule has 0 aliphatic carbocycles. The zero-order chi connectivity index (χ0) is 12.0. The van der Waals surface area contributed by atoms with Crippen molar-refractivity contribution in [1.82, 2.24) is 0 Å². The molecule has 2 saturated heterocycles. The summed E-state index contributed by atoms with van der Waals surface area (Å²) in [5.41, 5.74) is 0. The molecule has 0 aromatic carbocycles. The first-order valence-electron chi connectivity index (χ1n) is 5.21. The van der Waals surface area contributed by atoms with Crippen LogP contribution in [0.1, 0.15) is 6.42 Å². The average molecular weight is 270 g/mol. The van der Waals surface area contributed by atoms with E-state index in [0.29, 0.717) is 6.42 Å². The first-order chi connectivity index (χ1) is 7.27. The van der Waals surface area contributed by atoms with Gasteiger partial charge in [-0.2, -0.15) is 0 Å². The summed E-state index contributed by atoms with van der Waals surface area (Å²) >= 11 is 0. The van der Waals surface area contributed by atoms with Crippen LogP contribution in [0.15, 0.2) is 0 Å². The molecule has 0 spiro atoms. The van der Waals surface area contributed by atoms with E-state index in [1.165, 1.54) is 0 Å². The number of nitrogens with two attached hydrogens (primary N) is 1. The van der Waals surface area contributed by atoms with Gasteiger partial charge in [-0.3, -0.25) is 0 Å². The second kappa shape index (κ2) is 3.94. The predicted octanol–water partition coefficient (Wildman–Crippen LogP) is -3.11. The van der Waals surface area contributed by atoms with Crippen LogP contribution in [0.5, 0.6) is 0 Å². The maximum atomic E-state index is 11.3. The summed E-state index contributed by atoms with van der Waals surface area (Å²) in [5.74, 6) is 0.0123. The molecule has 0 amide bonds. The second-order valence-electron chi connectivity index (χ2n) is 4.66. The lowest BCUT2D eigenvalue weighted by molar-refractivity contribution is -0.717. The Morgan fingerprint density at radius 1 is 1.00 bits per heavy atom. The highest BCUT2D eigenvalue weighted by Gasteiger charge is 2.42. The molecule has 2 aliphatic rings. The van der Waals surface area contributed by atoms with E-state index in [-0.39, 0.29) is 29.1 Å². The Balaban J connectivity index is 1.97. The van der Waals surface area contributed by atoms with Gasteiger partial charge in [0.25, 0.3) is 0 Å². The fourth-order valence-electron chi connectivity index (χ4n) is 2.37. The molecule has 0 radical (unpaired) electrons. The molecule has 8 heteroatoms. The summed E-state index contributed by atoms with van der Waals surface area (Å²) < 4.78 is 45.0. The smallest absolute Gasteiger partial charge is 0.159 e. The van der Waals surface area contributed by atoms with Crippen LogP contribution >= 0.6 is 0 Å². The van der Waals surface area contributed by atoms with Crippen molar-refractivity contribution in [1.29, 1.82) is 0 Å².